The molecule has 31 heavy (non-hydrogen) atoms. The van der Waals surface area contributed by atoms with Gasteiger partial charge in [-0.05, 0) is 55.7 Å². The molecule has 1 saturated heterocycles. The van der Waals surface area contributed by atoms with Crippen LogP contribution in [0.1, 0.15) is 37.7 Å². The second-order valence-corrected chi connectivity index (χ2v) is 9.53. The smallest absolute Gasteiger partial charge is 0.233 e. The Morgan fingerprint density at radius 2 is 1.90 bits per heavy atom. The van der Waals surface area contributed by atoms with Crippen LogP contribution in [-0.4, -0.2) is 48.3 Å². The first-order valence-electron chi connectivity index (χ1n) is 11.4. The van der Waals surface area contributed by atoms with Crippen molar-refractivity contribution in [1.82, 2.24) is 15.5 Å². The normalized spacial score (nSPS) is 33.2. The first-order valence-corrected chi connectivity index (χ1v) is 11.8. The number of halogens is 1. The third-order valence-corrected chi connectivity index (χ3v) is 7.34. The molecule has 2 bridgehead atoms. The van der Waals surface area contributed by atoms with Gasteiger partial charge in [-0.1, -0.05) is 35.9 Å². The summed E-state index contributed by atoms with van der Waals surface area (Å²) in [6, 6.07) is 8.37. The number of hydrogen-bond donors (Lipinski definition) is 2. The fraction of sp³-hybridized carbons (Fsp3) is 0.542. The van der Waals surface area contributed by atoms with Gasteiger partial charge in [0.1, 0.15) is 0 Å². The molecular weight excluding hydrogens is 412 g/mol. The van der Waals surface area contributed by atoms with Crippen LogP contribution in [0.5, 0.6) is 0 Å². The Morgan fingerprint density at radius 1 is 1.16 bits per heavy atom. The molecule has 1 aliphatic heterocycles. The first kappa shape index (κ1) is 20.6. The number of nitrogens with zero attached hydrogens (tertiary/aromatic N) is 2. The van der Waals surface area contributed by atoms with Crippen molar-refractivity contribution in [3.05, 3.63) is 47.0 Å². The summed E-state index contributed by atoms with van der Waals surface area (Å²) in [5, 5.41) is 7.56. The van der Waals surface area contributed by atoms with Gasteiger partial charge in [-0.15, -0.1) is 0 Å². The first-order chi connectivity index (χ1) is 15.1. The van der Waals surface area contributed by atoms with Gasteiger partial charge in [0.2, 0.25) is 11.8 Å². The molecular formula is C24H29ClN4O2. The van der Waals surface area contributed by atoms with Crippen LogP contribution in [0, 0.1) is 23.7 Å². The number of aliphatic imine (C=N–C) groups is 1. The number of allylic oxidation sites excluding steroid dienone is 2. The van der Waals surface area contributed by atoms with E-state index >= 15 is 0 Å². The number of rotatable bonds is 7. The molecule has 2 saturated carbocycles. The largest absolute Gasteiger partial charge is 0.357 e. The van der Waals surface area contributed by atoms with Crippen LogP contribution >= 0.6 is 11.6 Å². The zero-order chi connectivity index (χ0) is 21.5. The molecule has 6 unspecified atom stereocenters. The summed E-state index contributed by atoms with van der Waals surface area (Å²) >= 11 is 6.12. The number of amides is 2. The van der Waals surface area contributed by atoms with Crippen molar-refractivity contribution in [2.75, 3.05) is 19.6 Å². The molecule has 3 aliphatic carbocycles. The maximum atomic E-state index is 12.8. The molecule has 3 fully saturated rings. The average molecular weight is 441 g/mol. The van der Waals surface area contributed by atoms with E-state index in [1.807, 2.05) is 25.1 Å². The number of imide groups is 1. The number of fused-ring (bicyclic) bond motifs is 5. The molecule has 6 atom stereocenters. The molecule has 2 amide bonds. The Balaban J connectivity index is 1.13. The minimum Gasteiger partial charge on any atom is -0.357 e. The highest BCUT2D eigenvalue weighted by molar-refractivity contribution is 6.30. The highest BCUT2D eigenvalue weighted by Crippen LogP contribution is 2.52. The summed E-state index contributed by atoms with van der Waals surface area (Å²) in [4.78, 5) is 31.7. The van der Waals surface area contributed by atoms with E-state index in [1.54, 1.807) is 0 Å². The lowest BCUT2D eigenvalue weighted by Gasteiger charge is -2.17. The van der Waals surface area contributed by atoms with Crippen molar-refractivity contribution in [2.45, 2.75) is 38.1 Å². The number of likely N-dealkylation sites (tertiary alicyclic amines) is 1. The Kier molecular flexibility index (Phi) is 5.51. The number of carbonyl (C=O) groups is 2. The van der Waals surface area contributed by atoms with Gasteiger partial charge in [-0.3, -0.25) is 19.5 Å². The molecule has 0 spiro atoms. The third-order valence-electron chi connectivity index (χ3n) is 7.10. The van der Waals surface area contributed by atoms with Gasteiger partial charge >= 0.3 is 0 Å². The average Bonchev–Trinajstić information content (AvgIpc) is 3.09. The van der Waals surface area contributed by atoms with Crippen molar-refractivity contribution < 1.29 is 9.59 Å². The van der Waals surface area contributed by atoms with E-state index in [1.165, 1.54) is 10.5 Å². The van der Waals surface area contributed by atoms with E-state index in [9.17, 15) is 9.59 Å². The van der Waals surface area contributed by atoms with Gasteiger partial charge in [-0.2, -0.15) is 0 Å². The van der Waals surface area contributed by atoms with Crippen LogP contribution in [0.4, 0.5) is 0 Å². The number of guanidine groups is 1. The predicted molar refractivity (Wildman–Crippen MR) is 121 cm³/mol. The quantitative estimate of drug-likeness (QED) is 0.225. The van der Waals surface area contributed by atoms with E-state index < -0.39 is 0 Å². The molecule has 6 nitrogen and oxygen atoms in total. The molecule has 4 aliphatic rings. The maximum absolute atomic E-state index is 12.8. The fourth-order valence-electron chi connectivity index (χ4n) is 5.56. The molecule has 0 aromatic heterocycles. The van der Waals surface area contributed by atoms with E-state index in [0.29, 0.717) is 31.5 Å². The summed E-state index contributed by atoms with van der Waals surface area (Å²) in [6.45, 7) is 3.85. The third kappa shape index (κ3) is 3.86. The SMILES string of the molecule is CCNC(=NCCCN1C(=O)C2C3C=CC(C3)C2C1=O)NC1CC1c1cccc(Cl)c1. The van der Waals surface area contributed by atoms with Crippen LogP contribution in [0.15, 0.2) is 41.4 Å². The summed E-state index contributed by atoms with van der Waals surface area (Å²) in [7, 11) is 0. The highest BCUT2D eigenvalue weighted by atomic mass is 35.5. The molecule has 2 N–H and O–H groups in total. The van der Waals surface area contributed by atoms with Crippen molar-refractivity contribution in [2.24, 2.45) is 28.7 Å². The summed E-state index contributed by atoms with van der Waals surface area (Å²) < 4.78 is 0. The van der Waals surface area contributed by atoms with Gasteiger partial charge in [0.05, 0.1) is 11.8 Å². The minimum absolute atomic E-state index is 0.0307. The number of nitrogens with one attached hydrogen (secondary N) is 2. The molecule has 1 aromatic rings. The zero-order valence-electron chi connectivity index (χ0n) is 17.8. The van der Waals surface area contributed by atoms with Crippen molar-refractivity contribution in [1.29, 1.82) is 0 Å². The van der Waals surface area contributed by atoms with Crippen LogP contribution < -0.4 is 10.6 Å². The second-order valence-electron chi connectivity index (χ2n) is 9.09. The molecule has 1 heterocycles. The summed E-state index contributed by atoms with van der Waals surface area (Å²) in [6.07, 6.45) is 6.97. The lowest BCUT2D eigenvalue weighted by molar-refractivity contribution is -0.140. The number of hydrogen-bond acceptors (Lipinski definition) is 3. The van der Waals surface area contributed by atoms with E-state index in [2.05, 4.69) is 33.8 Å². The Hall–Kier alpha value is -2.34. The van der Waals surface area contributed by atoms with Gasteiger partial charge < -0.3 is 10.6 Å². The fourth-order valence-corrected chi connectivity index (χ4v) is 5.76. The highest BCUT2D eigenvalue weighted by Gasteiger charge is 2.58. The van der Waals surface area contributed by atoms with Gasteiger partial charge in [0.25, 0.3) is 0 Å². The number of benzene rings is 1. The monoisotopic (exact) mass is 440 g/mol. The van der Waals surface area contributed by atoms with Crippen LogP contribution in [-0.2, 0) is 9.59 Å². The molecule has 7 heteroatoms. The summed E-state index contributed by atoms with van der Waals surface area (Å²) in [5.41, 5.74) is 1.25. The lowest BCUT2D eigenvalue weighted by Crippen LogP contribution is -2.39. The molecule has 5 rings (SSSR count). The van der Waals surface area contributed by atoms with E-state index in [4.69, 9.17) is 11.6 Å². The van der Waals surface area contributed by atoms with Gasteiger partial charge in [-0.25, -0.2) is 0 Å². The Bertz CT molecular complexity index is 915. The Labute approximate surface area is 188 Å². The Morgan fingerprint density at radius 3 is 2.58 bits per heavy atom. The second kappa shape index (κ2) is 8.30. The van der Waals surface area contributed by atoms with Gasteiger partial charge in [0.15, 0.2) is 5.96 Å². The zero-order valence-corrected chi connectivity index (χ0v) is 18.5. The standard InChI is InChI=1S/C24H29ClN4O2/c1-2-26-24(28-19-13-18(19)14-5-3-6-17(25)12-14)27-9-4-10-29-22(30)20-15-7-8-16(11-15)21(20)23(29)31/h3,5-8,12,15-16,18-21H,2,4,9-11,13H2,1H3,(H2,26,27,28). The molecule has 1 aromatic carbocycles. The van der Waals surface area contributed by atoms with Crippen LogP contribution in [0.3, 0.4) is 0 Å². The van der Waals surface area contributed by atoms with Crippen LogP contribution in [0.2, 0.25) is 5.02 Å². The van der Waals surface area contributed by atoms with Crippen molar-refractivity contribution in [3.8, 4) is 0 Å². The van der Waals surface area contributed by atoms with Crippen molar-refractivity contribution in [3.63, 3.8) is 0 Å². The topological polar surface area (TPSA) is 73.8 Å². The molecule has 0 radical (unpaired) electrons. The van der Waals surface area contributed by atoms with E-state index in [-0.39, 0.29) is 35.5 Å². The van der Waals surface area contributed by atoms with Gasteiger partial charge in [0, 0.05) is 36.6 Å². The molecule has 164 valence electrons. The minimum atomic E-state index is -0.108. The van der Waals surface area contributed by atoms with E-state index in [0.717, 1.165) is 30.4 Å². The van der Waals surface area contributed by atoms with Crippen LogP contribution in [0.25, 0.3) is 0 Å². The lowest BCUT2D eigenvalue weighted by atomic mass is 9.85. The van der Waals surface area contributed by atoms with Crippen molar-refractivity contribution >= 4 is 29.4 Å². The summed E-state index contributed by atoms with van der Waals surface area (Å²) in [5.74, 6) is 1.62. The predicted octanol–water partition coefficient (Wildman–Crippen LogP) is 2.95. The number of carbonyl (C=O) groups excluding carboxylic acids is 2. The maximum Gasteiger partial charge on any atom is 0.233 e.